The summed E-state index contributed by atoms with van der Waals surface area (Å²) < 4.78 is 0. The summed E-state index contributed by atoms with van der Waals surface area (Å²) in [5.41, 5.74) is 1.95. The Balaban J connectivity index is 2.14. The predicted octanol–water partition coefficient (Wildman–Crippen LogP) is 1.30. The molecule has 0 fully saturated rings. The number of hydrogen-bond donors (Lipinski definition) is 2. The van der Waals surface area contributed by atoms with E-state index in [2.05, 4.69) is 20.4 Å². The molecule has 0 saturated carbocycles. The molecule has 2 heterocycles. The molecule has 0 amide bonds. The highest BCUT2D eigenvalue weighted by molar-refractivity contribution is 5.65. The lowest BCUT2D eigenvalue weighted by atomic mass is 10.3. The lowest BCUT2D eigenvalue weighted by molar-refractivity contribution is 1.08. The first-order chi connectivity index (χ1) is 5.95. The fourth-order valence-electron chi connectivity index (χ4n) is 0.898. The van der Waals surface area contributed by atoms with Gasteiger partial charge in [-0.05, 0) is 24.3 Å². The zero-order chi connectivity index (χ0) is 8.23. The number of aromatic nitrogens is 4. The van der Waals surface area contributed by atoms with E-state index in [1.54, 1.807) is 12.4 Å². The SMILES string of the molecule is C(=Cc1ccn[nH]1)c1ccn[nH]1. The van der Waals surface area contributed by atoms with Gasteiger partial charge in [0.05, 0.1) is 11.4 Å². The largest absolute Gasteiger partial charge is 0.278 e. The van der Waals surface area contributed by atoms with E-state index in [1.807, 2.05) is 24.3 Å². The lowest BCUT2D eigenvalue weighted by Crippen LogP contribution is -1.72. The Hall–Kier alpha value is -1.84. The molecule has 2 rings (SSSR count). The van der Waals surface area contributed by atoms with E-state index in [1.165, 1.54) is 0 Å². The average molecular weight is 160 g/mol. The van der Waals surface area contributed by atoms with E-state index in [0.29, 0.717) is 0 Å². The van der Waals surface area contributed by atoms with Gasteiger partial charge in [-0.3, -0.25) is 10.2 Å². The molecule has 4 heteroatoms. The molecule has 12 heavy (non-hydrogen) atoms. The normalized spacial score (nSPS) is 11.0. The molecule has 60 valence electrons. The molecule has 2 aromatic rings. The molecule has 2 aromatic heterocycles. The van der Waals surface area contributed by atoms with Crippen molar-refractivity contribution in [2.24, 2.45) is 0 Å². The highest BCUT2D eigenvalue weighted by Crippen LogP contribution is 2.01. The van der Waals surface area contributed by atoms with Gasteiger partial charge >= 0.3 is 0 Å². The van der Waals surface area contributed by atoms with Gasteiger partial charge in [-0.1, -0.05) is 0 Å². The van der Waals surface area contributed by atoms with Gasteiger partial charge in [-0.2, -0.15) is 10.2 Å². The van der Waals surface area contributed by atoms with Crippen LogP contribution in [0.4, 0.5) is 0 Å². The van der Waals surface area contributed by atoms with Gasteiger partial charge in [0.1, 0.15) is 0 Å². The molecule has 0 aliphatic carbocycles. The topological polar surface area (TPSA) is 57.4 Å². The Morgan fingerprint density at radius 1 is 0.917 bits per heavy atom. The number of aromatic amines is 2. The first-order valence-electron chi connectivity index (χ1n) is 3.62. The van der Waals surface area contributed by atoms with Crippen molar-refractivity contribution >= 4 is 12.2 Å². The van der Waals surface area contributed by atoms with Crippen LogP contribution < -0.4 is 0 Å². The molecule has 0 aliphatic rings. The van der Waals surface area contributed by atoms with Crippen molar-refractivity contribution in [2.75, 3.05) is 0 Å². The Morgan fingerprint density at radius 2 is 1.42 bits per heavy atom. The summed E-state index contributed by atoms with van der Waals surface area (Å²) in [7, 11) is 0. The van der Waals surface area contributed by atoms with Crippen molar-refractivity contribution in [1.82, 2.24) is 20.4 Å². The molecule has 0 bridgehead atoms. The number of nitrogens with zero attached hydrogens (tertiary/aromatic N) is 2. The zero-order valence-electron chi connectivity index (χ0n) is 6.36. The van der Waals surface area contributed by atoms with Crippen LogP contribution in [0.2, 0.25) is 0 Å². The van der Waals surface area contributed by atoms with Gasteiger partial charge in [0.2, 0.25) is 0 Å². The molecule has 0 aromatic carbocycles. The fourth-order valence-corrected chi connectivity index (χ4v) is 0.898. The van der Waals surface area contributed by atoms with Crippen molar-refractivity contribution in [3.05, 3.63) is 35.9 Å². The lowest BCUT2D eigenvalue weighted by Gasteiger charge is -1.82. The molecule has 0 aliphatic heterocycles. The first-order valence-corrected chi connectivity index (χ1v) is 3.62. The van der Waals surface area contributed by atoms with Crippen LogP contribution in [-0.2, 0) is 0 Å². The molecule has 0 saturated heterocycles. The van der Waals surface area contributed by atoms with Gasteiger partial charge in [-0.15, -0.1) is 0 Å². The number of nitrogens with one attached hydrogen (secondary N) is 2. The zero-order valence-corrected chi connectivity index (χ0v) is 6.36. The minimum Gasteiger partial charge on any atom is -0.278 e. The number of hydrogen-bond acceptors (Lipinski definition) is 2. The van der Waals surface area contributed by atoms with Crippen molar-refractivity contribution in [1.29, 1.82) is 0 Å². The maximum absolute atomic E-state index is 3.82. The van der Waals surface area contributed by atoms with E-state index in [0.717, 1.165) is 11.4 Å². The third-order valence-corrected chi connectivity index (χ3v) is 1.49. The van der Waals surface area contributed by atoms with Crippen molar-refractivity contribution in [3.63, 3.8) is 0 Å². The molecule has 2 N–H and O–H groups in total. The van der Waals surface area contributed by atoms with Crippen molar-refractivity contribution in [3.8, 4) is 0 Å². The van der Waals surface area contributed by atoms with Crippen molar-refractivity contribution in [2.45, 2.75) is 0 Å². The highest BCUT2D eigenvalue weighted by atomic mass is 15.1. The third-order valence-electron chi connectivity index (χ3n) is 1.49. The molecule has 0 radical (unpaired) electrons. The summed E-state index contributed by atoms with van der Waals surface area (Å²) in [5.74, 6) is 0. The van der Waals surface area contributed by atoms with E-state index >= 15 is 0 Å². The van der Waals surface area contributed by atoms with Gasteiger partial charge in [0, 0.05) is 12.4 Å². The second kappa shape index (κ2) is 3.04. The summed E-state index contributed by atoms with van der Waals surface area (Å²) in [5, 5.41) is 13.3. The molecule has 0 spiro atoms. The summed E-state index contributed by atoms with van der Waals surface area (Å²) >= 11 is 0. The summed E-state index contributed by atoms with van der Waals surface area (Å²) in [6.45, 7) is 0. The maximum atomic E-state index is 3.82. The highest BCUT2D eigenvalue weighted by Gasteiger charge is 1.87. The third kappa shape index (κ3) is 1.42. The maximum Gasteiger partial charge on any atom is 0.0578 e. The van der Waals surface area contributed by atoms with Crippen LogP contribution in [0.15, 0.2) is 24.5 Å². The standard InChI is InChI=1S/C8H8N4/c1(7-3-5-9-11-7)2-8-4-6-10-12-8/h1-6H,(H,9,11)(H,10,12). The van der Waals surface area contributed by atoms with E-state index < -0.39 is 0 Å². The number of rotatable bonds is 2. The van der Waals surface area contributed by atoms with Gasteiger partial charge in [-0.25, -0.2) is 0 Å². The van der Waals surface area contributed by atoms with Crippen LogP contribution in [0.25, 0.3) is 12.2 Å². The van der Waals surface area contributed by atoms with Gasteiger partial charge in [0.25, 0.3) is 0 Å². The van der Waals surface area contributed by atoms with E-state index in [4.69, 9.17) is 0 Å². The second-order valence-corrected chi connectivity index (χ2v) is 2.36. The predicted molar refractivity (Wildman–Crippen MR) is 46.1 cm³/mol. The first kappa shape index (κ1) is 6.84. The second-order valence-electron chi connectivity index (χ2n) is 2.36. The van der Waals surface area contributed by atoms with Crippen LogP contribution in [0.3, 0.4) is 0 Å². The molecular formula is C8H8N4. The molecular weight excluding hydrogens is 152 g/mol. The summed E-state index contributed by atoms with van der Waals surface area (Å²) in [4.78, 5) is 0. The van der Waals surface area contributed by atoms with Crippen LogP contribution in [-0.4, -0.2) is 20.4 Å². The summed E-state index contributed by atoms with van der Waals surface area (Å²) in [6.07, 6.45) is 7.29. The molecule has 0 atom stereocenters. The quantitative estimate of drug-likeness (QED) is 0.695. The Morgan fingerprint density at radius 3 is 1.75 bits per heavy atom. The van der Waals surface area contributed by atoms with Crippen LogP contribution in [0, 0.1) is 0 Å². The van der Waals surface area contributed by atoms with Gasteiger partial charge < -0.3 is 0 Å². The minimum atomic E-state index is 0.976. The van der Waals surface area contributed by atoms with Gasteiger partial charge in [0.15, 0.2) is 0 Å². The Bertz CT molecular complexity index is 308. The monoisotopic (exact) mass is 160 g/mol. The van der Waals surface area contributed by atoms with E-state index in [9.17, 15) is 0 Å². The summed E-state index contributed by atoms with van der Waals surface area (Å²) in [6, 6.07) is 3.79. The van der Waals surface area contributed by atoms with Crippen LogP contribution >= 0.6 is 0 Å². The van der Waals surface area contributed by atoms with Crippen LogP contribution in [0.1, 0.15) is 11.4 Å². The number of H-pyrrole nitrogens is 2. The minimum absolute atomic E-state index is 0.976. The molecule has 4 nitrogen and oxygen atoms in total. The van der Waals surface area contributed by atoms with E-state index in [-0.39, 0.29) is 0 Å². The van der Waals surface area contributed by atoms with Crippen LogP contribution in [0.5, 0.6) is 0 Å². The van der Waals surface area contributed by atoms with Crippen molar-refractivity contribution < 1.29 is 0 Å². The Labute approximate surface area is 69.3 Å². The smallest absolute Gasteiger partial charge is 0.0578 e. The molecule has 0 unspecified atom stereocenters. The fraction of sp³-hybridized carbons (Fsp3) is 0. The Kier molecular flexibility index (Phi) is 1.74. The average Bonchev–Trinajstić information content (AvgIpc) is 2.74.